The maximum absolute atomic E-state index is 10.6. The van der Waals surface area contributed by atoms with E-state index >= 15 is 0 Å². The number of anilines is 1. The maximum Gasteiger partial charge on any atom is 0.293 e. The van der Waals surface area contributed by atoms with Crippen molar-refractivity contribution in [3.05, 3.63) is 23.4 Å². The van der Waals surface area contributed by atoms with Gasteiger partial charge in [0.25, 0.3) is 6.47 Å². The van der Waals surface area contributed by atoms with Crippen LogP contribution in [0, 0.1) is 0 Å². The van der Waals surface area contributed by atoms with Crippen molar-refractivity contribution in [2.75, 3.05) is 45.2 Å². The Balaban J connectivity index is 1.55. The van der Waals surface area contributed by atoms with Gasteiger partial charge in [-0.2, -0.15) is 0 Å². The third-order valence-corrected chi connectivity index (χ3v) is 6.23. The Bertz CT molecular complexity index is 912. The summed E-state index contributed by atoms with van der Waals surface area (Å²) in [7, 11) is 1.67. The van der Waals surface area contributed by atoms with Crippen molar-refractivity contribution < 1.29 is 19.0 Å². The van der Waals surface area contributed by atoms with Crippen LogP contribution in [0.2, 0.25) is 0 Å². The van der Waals surface area contributed by atoms with Crippen LogP contribution in [0.15, 0.2) is 12.1 Å². The lowest BCUT2D eigenvalue weighted by molar-refractivity contribution is -0.132. The number of rotatable bonds is 11. The van der Waals surface area contributed by atoms with Gasteiger partial charge in [0.15, 0.2) is 11.5 Å². The minimum absolute atomic E-state index is 0.210. The second kappa shape index (κ2) is 10.2. The largest absolute Gasteiger partial charge is 0.493 e. The Morgan fingerprint density at radius 2 is 2.03 bits per heavy atom. The monoisotopic (exact) mass is 427 g/mol. The average molecular weight is 428 g/mol. The average Bonchev–Trinajstić information content (AvgIpc) is 3.45. The molecule has 1 unspecified atom stereocenters. The first-order chi connectivity index (χ1) is 15.2. The lowest BCUT2D eigenvalue weighted by Crippen LogP contribution is -2.22. The number of pyridine rings is 1. The molecule has 0 amide bonds. The van der Waals surface area contributed by atoms with Crippen molar-refractivity contribution in [1.29, 1.82) is 0 Å². The van der Waals surface area contributed by atoms with Crippen LogP contribution in [0.3, 0.4) is 0 Å². The van der Waals surface area contributed by atoms with Gasteiger partial charge >= 0.3 is 0 Å². The number of ether oxygens (including phenoxy) is 3. The van der Waals surface area contributed by atoms with Crippen LogP contribution >= 0.6 is 0 Å². The molecule has 1 aliphatic carbocycles. The molecule has 1 aliphatic heterocycles. The number of benzene rings is 1. The summed E-state index contributed by atoms with van der Waals surface area (Å²) < 4.78 is 16.8. The molecular formula is C24H33N3O4. The fourth-order valence-electron chi connectivity index (χ4n) is 4.61. The highest BCUT2D eigenvalue weighted by Gasteiger charge is 2.22. The first-order valence-electron chi connectivity index (χ1n) is 11.4. The second-order valence-corrected chi connectivity index (χ2v) is 8.46. The Labute approximate surface area is 184 Å². The molecular weight excluding hydrogens is 394 g/mol. The van der Waals surface area contributed by atoms with Gasteiger partial charge in [-0.1, -0.05) is 0 Å². The van der Waals surface area contributed by atoms with E-state index in [0.29, 0.717) is 25.4 Å². The quantitative estimate of drug-likeness (QED) is 0.434. The number of hydrogen-bond donors (Lipinski definition) is 1. The van der Waals surface area contributed by atoms with Crippen molar-refractivity contribution in [2.45, 2.75) is 51.6 Å². The zero-order valence-corrected chi connectivity index (χ0v) is 18.6. The molecule has 0 radical (unpaired) electrons. The molecule has 1 saturated heterocycles. The summed E-state index contributed by atoms with van der Waals surface area (Å²) in [5.41, 5.74) is 4.37. The fourth-order valence-corrected chi connectivity index (χ4v) is 4.61. The molecule has 0 saturated carbocycles. The summed E-state index contributed by atoms with van der Waals surface area (Å²) in [6.45, 7) is 7.08. The highest BCUT2D eigenvalue weighted by atomic mass is 16.5. The van der Waals surface area contributed by atoms with Crippen LogP contribution in [0.1, 0.15) is 43.9 Å². The van der Waals surface area contributed by atoms with Gasteiger partial charge < -0.3 is 24.4 Å². The van der Waals surface area contributed by atoms with E-state index in [1.165, 1.54) is 31.5 Å². The molecule has 31 heavy (non-hydrogen) atoms. The van der Waals surface area contributed by atoms with E-state index in [9.17, 15) is 4.79 Å². The van der Waals surface area contributed by atoms with Crippen LogP contribution in [0.25, 0.3) is 10.9 Å². The number of carbonyl (C=O) groups excluding carboxylic acids is 1. The van der Waals surface area contributed by atoms with Gasteiger partial charge in [-0.15, -0.1) is 0 Å². The molecule has 4 rings (SSSR count). The van der Waals surface area contributed by atoms with Gasteiger partial charge in [0.1, 0.15) is 6.10 Å². The van der Waals surface area contributed by atoms with Gasteiger partial charge in [0.05, 0.1) is 25.8 Å². The first-order valence-corrected chi connectivity index (χ1v) is 11.4. The molecule has 7 nitrogen and oxygen atoms in total. The smallest absolute Gasteiger partial charge is 0.293 e. The maximum atomic E-state index is 10.6. The van der Waals surface area contributed by atoms with Crippen LogP contribution in [-0.4, -0.2) is 62.4 Å². The first kappa shape index (κ1) is 21.7. The summed E-state index contributed by atoms with van der Waals surface area (Å²) in [5, 5.41) is 4.52. The number of aromatic nitrogens is 1. The van der Waals surface area contributed by atoms with Gasteiger partial charge in [-0.05, 0) is 70.2 Å². The number of fused-ring (bicyclic) bond motifs is 2. The third kappa shape index (κ3) is 5.03. The van der Waals surface area contributed by atoms with Crippen LogP contribution in [0.5, 0.6) is 11.5 Å². The van der Waals surface area contributed by atoms with Crippen LogP contribution < -0.4 is 14.8 Å². The summed E-state index contributed by atoms with van der Waals surface area (Å²) in [6, 6.07) is 4.02. The molecule has 2 aromatic rings. The van der Waals surface area contributed by atoms with E-state index in [1.807, 2.05) is 19.1 Å². The van der Waals surface area contributed by atoms with Crippen molar-refractivity contribution in [3.8, 4) is 11.5 Å². The molecule has 168 valence electrons. The Kier molecular flexibility index (Phi) is 7.12. The van der Waals surface area contributed by atoms with Crippen LogP contribution in [-0.2, 0) is 22.4 Å². The summed E-state index contributed by atoms with van der Waals surface area (Å²) in [6.07, 6.45) is 6.50. The highest BCUT2D eigenvalue weighted by molar-refractivity contribution is 5.96. The van der Waals surface area contributed by atoms with Crippen molar-refractivity contribution in [1.82, 2.24) is 9.88 Å². The van der Waals surface area contributed by atoms with Crippen LogP contribution in [0.4, 0.5) is 5.69 Å². The Hall–Kier alpha value is -2.54. The van der Waals surface area contributed by atoms with Crippen molar-refractivity contribution in [2.24, 2.45) is 0 Å². The molecule has 2 aliphatic rings. The van der Waals surface area contributed by atoms with E-state index < -0.39 is 0 Å². The SMILES string of the molecule is COc1cc2c(NCC(C)OC=O)c3c(nc2cc1OCCCN1CCCC1)CCC3. The fraction of sp³-hybridized carbons (Fsp3) is 0.583. The molecule has 0 spiro atoms. The number of nitrogens with one attached hydrogen (secondary N) is 1. The summed E-state index contributed by atoms with van der Waals surface area (Å²) in [5.74, 6) is 1.46. The number of methoxy groups -OCH3 is 1. The zero-order chi connectivity index (χ0) is 21.6. The van der Waals surface area contributed by atoms with E-state index in [-0.39, 0.29) is 6.10 Å². The number of likely N-dealkylation sites (tertiary alicyclic amines) is 1. The standard InChI is InChI=1S/C24H33N3O4/c1-17(31-16-28)15-25-24-18-7-5-8-20(18)26-21-14-23(22(29-2)13-19(21)24)30-12-6-11-27-9-3-4-10-27/h13-14,16-17H,3-12,15H2,1-2H3,(H,25,26). The van der Waals surface area contributed by atoms with Gasteiger partial charge in [-0.3, -0.25) is 9.78 Å². The molecule has 1 aromatic heterocycles. The number of aryl methyl sites for hydroxylation is 1. The van der Waals surface area contributed by atoms with Gasteiger partial charge in [-0.25, -0.2) is 0 Å². The third-order valence-electron chi connectivity index (χ3n) is 6.23. The Morgan fingerprint density at radius 3 is 2.81 bits per heavy atom. The molecule has 2 heterocycles. The van der Waals surface area contributed by atoms with Gasteiger partial charge in [0.2, 0.25) is 0 Å². The molecule has 1 atom stereocenters. The molecule has 1 N–H and O–H groups in total. The number of carbonyl (C=O) groups is 1. The lowest BCUT2D eigenvalue weighted by Gasteiger charge is -2.19. The van der Waals surface area contributed by atoms with E-state index in [0.717, 1.165) is 60.3 Å². The van der Waals surface area contributed by atoms with E-state index in [4.69, 9.17) is 19.2 Å². The molecule has 1 aromatic carbocycles. The molecule has 1 fully saturated rings. The summed E-state index contributed by atoms with van der Waals surface area (Å²) >= 11 is 0. The van der Waals surface area contributed by atoms with Crippen molar-refractivity contribution >= 4 is 23.1 Å². The molecule has 0 bridgehead atoms. The van der Waals surface area contributed by atoms with Crippen molar-refractivity contribution in [3.63, 3.8) is 0 Å². The minimum Gasteiger partial charge on any atom is -0.493 e. The zero-order valence-electron chi connectivity index (χ0n) is 18.6. The number of nitrogens with zero attached hydrogens (tertiary/aromatic N) is 2. The lowest BCUT2D eigenvalue weighted by atomic mass is 10.1. The summed E-state index contributed by atoms with van der Waals surface area (Å²) in [4.78, 5) is 18.1. The minimum atomic E-state index is -0.210. The van der Waals surface area contributed by atoms with Gasteiger partial charge in [0, 0.05) is 29.4 Å². The van der Waals surface area contributed by atoms with E-state index in [1.54, 1.807) is 7.11 Å². The molecule has 7 heteroatoms. The Morgan fingerprint density at radius 1 is 1.19 bits per heavy atom. The number of hydrogen-bond acceptors (Lipinski definition) is 7. The highest BCUT2D eigenvalue weighted by Crippen LogP contribution is 2.39. The topological polar surface area (TPSA) is 72.9 Å². The normalized spacial score (nSPS) is 16.8. The van der Waals surface area contributed by atoms with E-state index in [2.05, 4.69) is 10.2 Å². The predicted octanol–water partition coefficient (Wildman–Crippen LogP) is 3.57. The second-order valence-electron chi connectivity index (χ2n) is 8.46. The predicted molar refractivity (Wildman–Crippen MR) is 121 cm³/mol.